The van der Waals surface area contributed by atoms with Crippen LogP contribution in [0.25, 0.3) is 0 Å². The van der Waals surface area contributed by atoms with Crippen LogP contribution in [0.1, 0.15) is 18.1 Å². The van der Waals surface area contributed by atoms with Gasteiger partial charge >= 0.3 is 0 Å². The summed E-state index contributed by atoms with van der Waals surface area (Å²) < 4.78 is 5.00. The van der Waals surface area contributed by atoms with Gasteiger partial charge in [0.15, 0.2) is 5.82 Å². The molecule has 1 aromatic rings. The zero-order chi connectivity index (χ0) is 11.5. The molecule has 1 unspecified atom stereocenters. The van der Waals surface area contributed by atoms with Gasteiger partial charge in [0.25, 0.3) is 0 Å². The molecule has 0 radical (unpaired) electrons. The maximum absolute atomic E-state index is 11.8. The van der Waals surface area contributed by atoms with Crippen molar-refractivity contribution in [1.82, 2.24) is 20.4 Å². The number of hydrogen-bond acceptors (Lipinski definition) is 5. The predicted octanol–water partition coefficient (Wildman–Crippen LogP) is -0.259. The van der Waals surface area contributed by atoms with Gasteiger partial charge in [-0.3, -0.25) is 4.79 Å². The van der Waals surface area contributed by atoms with Crippen molar-refractivity contribution in [3.05, 3.63) is 11.7 Å². The summed E-state index contributed by atoms with van der Waals surface area (Å²) >= 11 is 0. The van der Waals surface area contributed by atoms with Gasteiger partial charge < -0.3 is 14.7 Å². The fraction of sp³-hybridized carbons (Fsp3) is 0.700. The molecular weight excluding hydrogens is 208 g/mol. The number of likely N-dealkylation sites (N-methyl/N-ethyl adjacent to an activating group) is 1. The molecule has 6 nitrogen and oxygen atoms in total. The minimum absolute atomic E-state index is 0.0237. The molecule has 1 aliphatic rings. The second kappa shape index (κ2) is 4.61. The van der Waals surface area contributed by atoms with E-state index < -0.39 is 0 Å². The van der Waals surface area contributed by atoms with Gasteiger partial charge in [-0.25, -0.2) is 0 Å². The summed E-state index contributed by atoms with van der Waals surface area (Å²) in [6, 6.07) is -0.0237. The molecule has 2 rings (SSSR count). The molecule has 88 valence electrons. The topological polar surface area (TPSA) is 71.3 Å². The number of aryl methyl sites for hydroxylation is 1. The van der Waals surface area contributed by atoms with Crippen molar-refractivity contribution >= 4 is 5.91 Å². The summed E-state index contributed by atoms with van der Waals surface area (Å²) in [7, 11) is 1.81. The molecule has 1 aromatic heterocycles. The molecule has 0 spiro atoms. The fourth-order valence-corrected chi connectivity index (χ4v) is 1.90. The third-order valence-corrected chi connectivity index (χ3v) is 2.81. The molecule has 0 aliphatic carbocycles. The number of nitrogens with one attached hydrogen (secondary N) is 1. The molecule has 0 aromatic carbocycles. The van der Waals surface area contributed by atoms with Crippen molar-refractivity contribution in [2.75, 3.05) is 20.1 Å². The van der Waals surface area contributed by atoms with Gasteiger partial charge in [0.05, 0.1) is 6.04 Å². The summed E-state index contributed by atoms with van der Waals surface area (Å²) in [4.78, 5) is 17.7. The van der Waals surface area contributed by atoms with Crippen LogP contribution in [0.5, 0.6) is 0 Å². The molecule has 1 atom stereocenters. The minimum atomic E-state index is -0.0237. The van der Waals surface area contributed by atoms with Gasteiger partial charge in [-0.15, -0.1) is 0 Å². The Morgan fingerprint density at radius 1 is 1.62 bits per heavy atom. The monoisotopic (exact) mass is 224 g/mol. The molecule has 1 N–H and O–H groups in total. The molecule has 6 heteroatoms. The highest BCUT2D eigenvalue weighted by molar-refractivity contribution is 5.83. The van der Waals surface area contributed by atoms with Gasteiger partial charge in [0.2, 0.25) is 11.8 Å². The Morgan fingerprint density at radius 2 is 2.44 bits per heavy atom. The molecule has 1 amide bonds. The average Bonchev–Trinajstić information content (AvgIpc) is 2.83. The summed E-state index contributed by atoms with van der Waals surface area (Å²) in [6.45, 7) is 3.24. The summed E-state index contributed by atoms with van der Waals surface area (Å²) in [5.74, 6) is 1.40. The van der Waals surface area contributed by atoms with Crippen LogP contribution in [0.3, 0.4) is 0 Å². The number of carbonyl (C=O) groups excluding carboxylic acids is 1. The smallest absolute Gasteiger partial charge is 0.239 e. The minimum Gasteiger partial charge on any atom is -0.341 e. The highest BCUT2D eigenvalue weighted by Crippen LogP contribution is 2.11. The van der Waals surface area contributed by atoms with Crippen molar-refractivity contribution in [3.63, 3.8) is 0 Å². The quantitative estimate of drug-likeness (QED) is 0.763. The van der Waals surface area contributed by atoms with E-state index >= 15 is 0 Å². The highest BCUT2D eigenvalue weighted by Gasteiger charge is 2.29. The second-order valence-electron chi connectivity index (χ2n) is 3.94. The van der Waals surface area contributed by atoms with Crippen molar-refractivity contribution < 1.29 is 9.32 Å². The largest absolute Gasteiger partial charge is 0.341 e. The number of amides is 1. The lowest BCUT2D eigenvalue weighted by molar-refractivity contribution is -0.129. The number of hydrogen-bond donors (Lipinski definition) is 1. The molecule has 0 bridgehead atoms. The number of aromatic nitrogens is 2. The number of nitrogens with zero attached hydrogens (tertiary/aromatic N) is 3. The maximum atomic E-state index is 11.8. The first-order valence-electron chi connectivity index (χ1n) is 5.46. The molecule has 1 saturated heterocycles. The van der Waals surface area contributed by atoms with Crippen molar-refractivity contribution in [3.8, 4) is 0 Å². The Bertz CT molecular complexity index is 377. The van der Waals surface area contributed by atoms with Gasteiger partial charge in [-0.2, -0.15) is 4.98 Å². The molecule has 2 heterocycles. The van der Waals surface area contributed by atoms with E-state index in [1.165, 1.54) is 0 Å². The van der Waals surface area contributed by atoms with E-state index in [1.807, 2.05) is 11.9 Å². The Labute approximate surface area is 94.0 Å². The number of rotatable bonds is 4. The molecule has 16 heavy (non-hydrogen) atoms. The van der Waals surface area contributed by atoms with E-state index in [1.54, 1.807) is 6.92 Å². The standard InChI is InChI=1S/C10H16N4O2/c1-7-12-9(16-13-7)4-6-14-5-3-8(11-2)10(14)15/h8,11H,3-6H2,1-2H3. The zero-order valence-corrected chi connectivity index (χ0v) is 9.56. The first-order valence-corrected chi connectivity index (χ1v) is 5.46. The first kappa shape index (κ1) is 11.1. The van der Waals surface area contributed by atoms with Crippen LogP contribution >= 0.6 is 0 Å². The SMILES string of the molecule is CNC1CCN(CCc2nc(C)no2)C1=O. The van der Waals surface area contributed by atoms with Crippen molar-refractivity contribution in [2.45, 2.75) is 25.8 Å². The first-order chi connectivity index (χ1) is 7.70. The lowest BCUT2D eigenvalue weighted by Gasteiger charge is -2.14. The van der Waals surface area contributed by atoms with Crippen LogP contribution in [-0.2, 0) is 11.2 Å². The van der Waals surface area contributed by atoms with E-state index in [0.717, 1.165) is 13.0 Å². The van der Waals surface area contributed by atoms with Crippen LogP contribution in [0.4, 0.5) is 0 Å². The number of likely N-dealkylation sites (tertiary alicyclic amines) is 1. The fourth-order valence-electron chi connectivity index (χ4n) is 1.90. The Balaban J connectivity index is 1.85. The Kier molecular flexibility index (Phi) is 3.19. The van der Waals surface area contributed by atoms with Gasteiger partial charge in [-0.05, 0) is 20.4 Å². The third-order valence-electron chi connectivity index (χ3n) is 2.81. The molecule has 0 saturated carbocycles. The Hall–Kier alpha value is -1.43. The highest BCUT2D eigenvalue weighted by atomic mass is 16.5. The van der Waals surface area contributed by atoms with E-state index in [9.17, 15) is 4.79 Å². The van der Waals surface area contributed by atoms with Crippen LogP contribution in [0, 0.1) is 6.92 Å². The summed E-state index contributed by atoms with van der Waals surface area (Å²) in [6.07, 6.45) is 1.50. The van der Waals surface area contributed by atoms with Gasteiger partial charge in [0.1, 0.15) is 0 Å². The van der Waals surface area contributed by atoms with Crippen molar-refractivity contribution in [2.24, 2.45) is 0 Å². The lowest BCUT2D eigenvalue weighted by atomic mass is 10.3. The summed E-state index contributed by atoms with van der Waals surface area (Å²) in [5, 5.41) is 6.71. The predicted molar refractivity (Wildman–Crippen MR) is 56.8 cm³/mol. The van der Waals surface area contributed by atoms with Gasteiger partial charge in [0, 0.05) is 19.5 Å². The van der Waals surface area contributed by atoms with Crippen LogP contribution in [-0.4, -0.2) is 47.1 Å². The Morgan fingerprint density at radius 3 is 3.00 bits per heavy atom. The zero-order valence-electron chi connectivity index (χ0n) is 9.56. The second-order valence-corrected chi connectivity index (χ2v) is 3.94. The normalized spacial score (nSPS) is 20.8. The van der Waals surface area contributed by atoms with Crippen LogP contribution < -0.4 is 5.32 Å². The number of carbonyl (C=O) groups is 1. The van der Waals surface area contributed by atoms with E-state index in [2.05, 4.69) is 15.5 Å². The van der Waals surface area contributed by atoms with E-state index in [4.69, 9.17) is 4.52 Å². The summed E-state index contributed by atoms with van der Waals surface area (Å²) in [5.41, 5.74) is 0. The molecule has 1 aliphatic heterocycles. The van der Waals surface area contributed by atoms with Crippen LogP contribution in [0.2, 0.25) is 0 Å². The molecule has 1 fully saturated rings. The lowest BCUT2D eigenvalue weighted by Crippen LogP contribution is -2.37. The maximum Gasteiger partial charge on any atom is 0.239 e. The average molecular weight is 224 g/mol. The molecular formula is C10H16N4O2. The third kappa shape index (κ3) is 2.21. The van der Waals surface area contributed by atoms with Crippen molar-refractivity contribution in [1.29, 1.82) is 0 Å². The van der Waals surface area contributed by atoms with E-state index in [-0.39, 0.29) is 11.9 Å². The van der Waals surface area contributed by atoms with E-state index in [0.29, 0.717) is 24.7 Å². The van der Waals surface area contributed by atoms with Gasteiger partial charge in [-0.1, -0.05) is 5.16 Å². The van der Waals surface area contributed by atoms with Crippen LogP contribution in [0.15, 0.2) is 4.52 Å².